The van der Waals surface area contributed by atoms with E-state index in [0.717, 1.165) is 57.8 Å². The molecule has 43 heavy (non-hydrogen) atoms. The van der Waals surface area contributed by atoms with Crippen LogP contribution in [-0.2, 0) is 14.3 Å². The van der Waals surface area contributed by atoms with Crippen molar-refractivity contribution in [3.05, 3.63) is 11.6 Å². The number of cyclic esters (lactones) is 1. The number of esters is 1. The second-order valence-corrected chi connectivity index (χ2v) is 13.3. The zero-order valence-electron chi connectivity index (χ0n) is 27.2. The molecule has 2 aliphatic heterocycles. The quantitative estimate of drug-likeness (QED) is 0.0590. The first kappa shape index (κ1) is 38.2. The fraction of sp³-hybridized carbons (Fsp3) is 0.914. The van der Waals surface area contributed by atoms with Gasteiger partial charge in [0.05, 0.1) is 36.6 Å². The molecule has 2 heterocycles. The molecule has 0 aliphatic carbocycles. The number of carbonyl (C=O) groups is 1. The fourth-order valence-corrected chi connectivity index (χ4v) is 6.44. The molecule has 0 unspecified atom stereocenters. The largest absolute Gasteiger partial charge is 0.455 e. The zero-order valence-corrected chi connectivity index (χ0v) is 27.2. The molecule has 0 aromatic rings. The molecular formula is C35H64O8. The van der Waals surface area contributed by atoms with Crippen molar-refractivity contribution in [3.63, 3.8) is 0 Å². The Balaban J connectivity index is 1.47. The predicted molar refractivity (Wildman–Crippen MR) is 170 cm³/mol. The summed E-state index contributed by atoms with van der Waals surface area (Å²) in [7, 11) is 0. The summed E-state index contributed by atoms with van der Waals surface area (Å²) in [6, 6.07) is 0. The first-order valence-electron chi connectivity index (χ1n) is 17.7. The lowest BCUT2D eigenvalue weighted by atomic mass is 9.96. The minimum atomic E-state index is -1.20. The first-order valence-corrected chi connectivity index (χ1v) is 17.7. The van der Waals surface area contributed by atoms with Crippen molar-refractivity contribution in [2.75, 3.05) is 0 Å². The number of hydrogen-bond donors (Lipinski definition) is 5. The summed E-state index contributed by atoms with van der Waals surface area (Å²) in [5.41, 5.74) is 0.571. The van der Waals surface area contributed by atoms with E-state index in [-0.39, 0.29) is 30.7 Å². The molecule has 2 rings (SSSR count). The Hall–Kier alpha value is -1.03. The van der Waals surface area contributed by atoms with Crippen molar-refractivity contribution in [1.29, 1.82) is 0 Å². The van der Waals surface area contributed by atoms with Crippen molar-refractivity contribution in [3.8, 4) is 0 Å². The third kappa shape index (κ3) is 16.2. The highest BCUT2D eigenvalue weighted by atomic mass is 16.5. The van der Waals surface area contributed by atoms with Crippen molar-refractivity contribution < 1.29 is 39.8 Å². The summed E-state index contributed by atoms with van der Waals surface area (Å²) in [6.45, 7) is 4.05. The van der Waals surface area contributed by atoms with Gasteiger partial charge in [0, 0.05) is 12.0 Å². The van der Waals surface area contributed by atoms with Crippen LogP contribution in [0.4, 0.5) is 0 Å². The Morgan fingerprint density at radius 1 is 0.744 bits per heavy atom. The Morgan fingerprint density at radius 3 is 1.95 bits per heavy atom. The van der Waals surface area contributed by atoms with Gasteiger partial charge in [-0.25, -0.2) is 4.79 Å². The van der Waals surface area contributed by atoms with E-state index < -0.39 is 30.5 Å². The fourth-order valence-electron chi connectivity index (χ4n) is 6.44. The van der Waals surface area contributed by atoms with Crippen LogP contribution in [-0.4, -0.2) is 80.3 Å². The molecule has 252 valence electrons. The van der Waals surface area contributed by atoms with Crippen LogP contribution in [0.15, 0.2) is 11.6 Å². The van der Waals surface area contributed by atoms with E-state index in [1.165, 1.54) is 51.4 Å². The van der Waals surface area contributed by atoms with Crippen LogP contribution in [0.5, 0.6) is 0 Å². The molecule has 5 N–H and O–H groups in total. The van der Waals surface area contributed by atoms with E-state index in [1.807, 2.05) is 6.92 Å². The average molecular weight is 613 g/mol. The van der Waals surface area contributed by atoms with E-state index in [0.29, 0.717) is 31.3 Å². The number of ether oxygens (including phenoxy) is 2. The van der Waals surface area contributed by atoms with E-state index in [4.69, 9.17) is 9.47 Å². The average Bonchev–Trinajstić information content (AvgIpc) is 3.58. The summed E-state index contributed by atoms with van der Waals surface area (Å²) < 4.78 is 11.1. The third-order valence-electron chi connectivity index (χ3n) is 9.23. The Morgan fingerprint density at radius 2 is 1.33 bits per heavy atom. The molecule has 1 saturated heterocycles. The van der Waals surface area contributed by atoms with Crippen molar-refractivity contribution in [1.82, 2.24) is 0 Å². The normalized spacial score (nSPS) is 24.0. The van der Waals surface area contributed by atoms with Gasteiger partial charge in [-0.3, -0.25) is 0 Å². The van der Waals surface area contributed by atoms with Crippen LogP contribution in [0.3, 0.4) is 0 Å². The van der Waals surface area contributed by atoms with Gasteiger partial charge in [0.25, 0.3) is 0 Å². The summed E-state index contributed by atoms with van der Waals surface area (Å²) in [6.07, 6.45) is 17.9. The van der Waals surface area contributed by atoms with Gasteiger partial charge in [0.15, 0.2) is 0 Å². The van der Waals surface area contributed by atoms with Gasteiger partial charge < -0.3 is 35.0 Å². The second-order valence-electron chi connectivity index (χ2n) is 13.3. The number of hydrogen-bond acceptors (Lipinski definition) is 8. The first-order chi connectivity index (χ1) is 20.7. The summed E-state index contributed by atoms with van der Waals surface area (Å²) >= 11 is 0. The second kappa shape index (κ2) is 22.5. The molecule has 1 fully saturated rings. The molecule has 0 aromatic carbocycles. The van der Waals surface area contributed by atoms with Crippen LogP contribution in [0.2, 0.25) is 0 Å². The number of aliphatic hydroxyl groups is 5. The molecule has 2 aliphatic rings. The van der Waals surface area contributed by atoms with Crippen molar-refractivity contribution in [2.24, 2.45) is 0 Å². The maximum Gasteiger partial charge on any atom is 0.334 e. The highest BCUT2D eigenvalue weighted by Crippen LogP contribution is 2.28. The van der Waals surface area contributed by atoms with Crippen molar-refractivity contribution in [2.45, 2.75) is 204 Å². The lowest BCUT2D eigenvalue weighted by Crippen LogP contribution is -2.38. The van der Waals surface area contributed by atoms with Crippen LogP contribution < -0.4 is 0 Å². The van der Waals surface area contributed by atoms with E-state index in [1.54, 1.807) is 6.08 Å². The monoisotopic (exact) mass is 612 g/mol. The predicted octanol–water partition coefficient (Wildman–Crippen LogP) is 6.03. The van der Waals surface area contributed by atoms with Gasteiger partial charge in [0.1, 0.15) is 12.2 Å². The number of aliphatic hydroxyl groups excluding tert-OH is 5. The maximum atomic E-state index is 11.7. The molecule has 0 bridgehead atoms. The number of carbonyl (C=O) groups excluding carboxylic acids is 1. The Labute approximate surface area is 261 Å². The molecule has 0 saturated carbocycles. The highest BCUT2D eigenvalue weighted by molar-refractivity contribution is 5.90. The van der Waals surface area contributed by atoms with Crippen LogP contribution in [0, 0.1) is 0 Å². The third-order valence-corrected chi connectivity index (χ3v) is 9.23. The van der Waals surface area contributed by atoms with Crippen molar-refractivity contribution >= 4 is 5.97 Å². The lowest BCUT2D eigenvalue weighted by molar-refractivity contribution is -0.139. The van der Waals surface area contributed by atoms with E-state index in [9.17, 15) is 30.3 Å². The lowest BCUT2D eigenvalue weighted by Gasteiger charge is -2.25. The van der Waals surface area contributed by atoms with E-state index >= 15 is 0 Å². The molecule has 8 atom stereocenters. The number of rotatable bonds is 26. The standard InChI is InChI=1S/C35H64O8/c1-3-4-5-6-7-8-9-10-11-12-16-19-31(38)34(40)32(39)22-21-30(37)33-23-20-29(43-33)18-15-13-14-17-28(36)25-27-24-26(2)42-35(27)41/h24,26,28-34,36-40H,3-23,25H2,1-2H3/t26-,28-,29+,30+,31-,32-,33-,34+/m0/s1. The molecule has 0 aromatic heterocycles. The molecule has 8 nitrogen and oxygen atoms in total. The Kier molecular flexibility index (Phi) is 19.9. The van der Waals surface area contributed by atoms with Crippen LogP contribution in [0.1, 0.15) is 155 Å². The number of unbranched alkanes of at least 4 members (excludes halogenated alkanes) is 12. The smallest absolute Gasteiger partial charge is 0.334 e. The molecule has 8 heteroatoms. The van der Waals surface area contributed by atoms with Gasteiger partial charge in [-0.2, -0.15) is 0 Å². The summed E-state index contributed by atoms with van der Waals surface area (Å²) in [4.78, 5) is 11.7. The van der Waals surface area contributed by atoms with Gasteiger partial charge in [-0.15, -0.1) is 0 Å². The molecule has 0 radical (unpaired) electrons. The zero-order chi connectivity index (χ0) is 31.5. The highest BCUT2D eigenvalue weighted by Gasteiger charge is 2.32. The van der Waals surface area contributed by atoms with Gasteiger partial charge in [-0.05, 0) is 57.9 Å². The summed E-state index contributed by atoms with van der Waals surface area (Å²) in [5, 5.41) is 52.0. The minimum Gasteiger partial charge on any atom is -0.455 e. The SMILES string of the molecule is CCCCCCCCCCCCC[C@H](O)[C@@H](O)[C@@H](O)CC[C@@H](O)[C@@H]1CC[C@@H](CCCCC[C@H](O)CC2=C[C@H](C)OC2=O)O1. The van der Waals surface area contributed by atoms with Gasteiger partial charge in [0.2, 0.25) is 0 Å². The molecule has 0 amide bonds. The van der Waals surface area contributed by atoms with Crippen LogP contribution in [0.25, 0.3) is 0 Å². The van der Waals surface area contributed by atoms with Gasteiger partial charge in [-0.1, -0.05) is 96.8 Å². The molecule has 0 spiro atoms. The van der Waals surface area contributed by atoms with Crippen LogP contribution >= 0.6 is 0 Å². The maximum absolute atomic E-state index is 11.7. The Bertz CT molecular complexity index is 758. The van der Waals surface area contributed by atoms with E-state index in [2.05, 4.69) is 6.92 Å². The topological polar surface area (TPSA) is 137 Å². The minimum absolute atomic E-state index is 0.104. The van der Waals surface area contributed by atoms with Gasteiger partial charge >= 0.3 is 5.97 Å². The molecular weight excluding hydrogens is 548 g/mol. The summed E-state index contributed by atoms with van der Waals surface area (Å²) in [5.74, 6) is -0.320.